The Morgan fingerprint density at radius 2 is 2.06 bits per heavy atom. The molecule has 1 atom stereocenters. The van der Waals surface area contributed by atoms with Gasteiger partial charge in [0.25, 0.3) is 0 Å². The summed E-state index contributed by atoms with van der Waals surface area (Å²) in [5.74, 6) is 1.91. The number of rotatable bonds is 4. The Labute approximate surface area is 110 Å². The quantitative estimate of drug-likeness (QED) is 0.859. The standard InChI is InChI=1S/C14H24N4/c1-5-15-12-10(2)13(17-9-16-12)18-11-6-7-14(3,4)8-11/h9,11H,5-8H2,1-4H3,(H2,15,16,17,18). The van der Waals surface area contributed by atoms with Crippen LogP contribution in [-0.4, -0.2) is 22.6 Å². The van der Waals surface area contributed by atoms with E-state index >= 15 is 0 Å². The van der Waals surface area contributed by atoms with E-state index < -0.39 is 0 Å². The maximum absolute atomic E-state index is 4.37. The Bertz CT molecular complexity index is 414. The first kappa shape index (κ1) is 13.1. The summed E-state index contributed by atoms with van der Waals surface area (Å²) in [4.78, 5) is 8.64. The predicted molar refractivity (Wildman–Crippen MR) is 76.0 cm³/mol. The van der Waals surface area contributed by atoms with Crippen LogP contribution in [0.2, 0.25) is 0 Å². The number of hydrogen-bond donors (Lipinski definition) is 2. The molecule has 18 heavy (non-hydrogen) atoms. The second kappa shape index (κ2) is 5.12. The lowest BCUT2D eigenvalue weighted by atomic mass is 9.92. The molecule has 2 rings (SSSR count). The highest BCUT2D eigenvalue weighted by atomic mass is 15.1. The summed E-state index contributed by atoms with van der Waals surface area (Å²) in [6.45, 7) is 9.71. The average Bonchev–Trinajstić information content (AvgIpc) is 2.64. The second-order valence-electron chi connectivity index (χ2n) is 5.97. The molecule has 1 aromatic rings. The summed E-state index contributed by atoms with van der Waals surface area (Å²) in [5, 5.41) is 6.84. The zero-order chi connectivity index (χ0) is 13.2. The van der Waals surface area contributed by atoms with E-state index in [2.05, 4.69) is 48.3 Å². The fourth-order valence-electron chi connectivity index (χ4n) is 2.69. The predicted octanol–water partition coefficient (Wildman–Crippen LogP) is 3.21. The van der Waals surface area contributed by atoms with Gasteiger partial charge in [-0.2, -0.15) is 0 Å². The minimum absolute atomic E-state index is 0.461. The van der Waals surface area contributed by atoms with Gasteiger partial charge in [0.15, 0.2) is 0 Å². The molecule has 4 heteroatoms. The fourth-order valence-corrected chi connectivity index (χ4v) is 2.69. The van der Waals surface area contributed by atoms with E-state index in [9.17, 15) is 0 Å². The molecule has 1 aliphatic carbocycles. The van der Waals surface area contributed by atoms with Gasteiger partial charge in [-0.1, -0.05) is 13.8 Å². The van der Waals surface area contributed by atoms with E-state index in [1.54, 1.807) is 6.33 Å². The lowest BCUT2D eigenvalue weighted by Crippen LogP contribution is -2.19. The maximum Gasteiger partial charge on any atom is 0.134 e. The van der Waals surface area contributed by atoms with Gasteiger partial charge in [-0.3, -0.25) is 0 Å². The largest absolute Gasteiger partial charge is 0.370 e. The van der Waals surface area contributed by atoms with Gasteiger partial charge in [0.1, 0.15) is 18.0 Å². The number of hydrogen-bond acceptors (Lipinski definition) is 4. The van der Waals surface area contributed by atoms with Crippen molar-refractivity contribution in [3.05, 3.63) is 11.9 Å². The van der Waals surface area contributed by atoms with Crippen molar-refractivity contribution < 1.29 is 0 Å². The molecule has 0 bridgehead atoms. The van der Waals surface area contributed by atoms with Crippen LogP contribution in [0.5, 0.6) is 0 Å². The summed E-state index contributed by atoms with van der Waals surface area (Å²) < 4.78 is 0. The molecule has 4 nitrogen and oxygen atoms in total. The first-order chi connectivity index (χ1) is 8.52. The molecule has 0 aromatic carbocycles. The summed E-state index contributed by atoms with van der Waals surface area (Å²) >= 11 is 0. The van der Waals surface area contributed by atoms with E-state index in [-0.39, 0.29) is 0 Å². The van der Waals surface area contributed by atoms with Crippen LogP contribution in [0.4, 0.5) is 11.6 Å². The first-order valence-electron chi connectivity index (χ1n) is 6.84. The molecule has 100 valence electrons. The number of nitrogens with one attached hydrogen (secondary N) is 2. The van der Waals surface area contributed by atoms with Gasteiger partial charge in [0.2, 0.25) is 0 Å². The van der Waals surface area contributed by atoms with Gasteiger partial charge in [0, 0.05) is 18.2 Å². The van der Waals surface area contributed by atoms with Crippen LogP contribution in [0.15, 0.2) is 6.33 Å². The van der Waals surface area contributed by atoms with Gasteiger partial charge < -0.3 is 10.6 Å². The molecule has 0 radical (unpaired) electrons. The summed E-state index contributed by atoms with van der Waals surface area (Å²) in [6.07, 6.45) is 5.36. The van der Waals surface area contributed by atoms with Crippen LogP contribution in [-0.2, 0) is 0 Å². The topological polar surface area (TPSA) is 49.8 Å². The zero-order valence-corrected chi connectivity index (χ0v) is 11.9. The first-order valence-corrected chi connectivity index (χ1v) is 6.84. The lowest BCUT2D eigenvalue weighted by molar-refractivity contribution is 0.378. The molecule has 1 aliphatic rings. The molecule has 1 fully saturated rings. The van der Waals surface area contributed by atoms with E-state index in [0.29, 0.717) is 11.5 Å². The third-order valence-electron chi connectivity index (χ3n) is 3.74. The van der Waals surface area contributed by atoms with Crippen molar-refractivity contribution >= 4 is 11.6 Å². The summed E-state index contributed by atoms with van der Waals surface area (Å²) in [6, 6.07) is 0.545. The van der Waals surface area contributed by atoms with Crippen LogP contribution in [0, 0.1) is 12.3 Å². The third kappa shape index (κ3) is 2.92. The zero-order valence-electron chi connectivity index (χ0n) is 11.9. The van der Waals surface area contributed by atoms with Crippen LogP contribution in [0.1, 0.15) is 45.6 Å². The van der Waals surface area contributed by atoms with Crippen molar-refractivity contribution in [2.45, 2.75) is 53.0 Å². The van der Waals surface area contributed by atoms with E-state index in [4.69, 9.17) is 0 Å². The third-order valence-corrected chi connectivity index (χ3v) is 3.74. The highest BCUT2D eigenvalue weighted by Crippen LogP contribution is 2.38. The molecule has 0 spiro atoms. The van der Waals surface area contributed by atoms with Crippen LogP contribution in [0.25, 0.3) is 0 Å². The second-order valence-corrected chi connectivity index (χ2v) is 5.97. The molecular weight excluding hydrogens is 224 g/mol. The van der Waals surface area contributed by atoms with Crippen molar-refractivity contribution in [3.8, 4) is 0 Å². The van der Waals surface area contributed by atoms with Crippen LogP contribution < -0.4 is 10.6 Å². The molecular formula is C14H24N4. The monoisotopic (exact) mass is 248 g/mol. The highest BCUT2D eigenvalue weighted by Gasteiger charge is 2.31. The Hall–Kier alpha value is -1.32. The molecule has 1 saturated carbocycles. The highest BCUT2D eigenvalue weighted by molar-refractivity contribution is 5.56. The van der Waals surface area contributed by atoms with Crippen LogP contribution >= 0.6 is 0 Å². The van der Waals surface area contributed by atoms with E-state index in [1.807, 2.05) is 0 Å². The Morgan fingerprint density at radius 3 is 2.67 bits per heavy atom. The van der Waals surface area contributed by atoms with Gasteiger partial charge in [-0.25, -0.2) is 9.97 Å². The summed E-state index contributed by atoms with van der Waals surface area (Å²) in [7, 11) is 0. The van der Waals surface area contributed by atoms with Gasteiger partial charge in [-0.05, 0) is 38.5 Å². The molecule has 0 aliphatic heterocycles. The Balaban J connectivity index is 2.08. The average molecular weight is 248 g/mol. The fraction of sp³-hybridized carbons (Fsp3) is 0.714. The lowest BCUT2D eigenvalue weighted by Gasteiger charge is -2.19. The molecule has 0 saturated heterocycles. The molecule has 1 unspecified atom stereocenters. The molecule has 2 N–H and O–H groups in total. The number of nitrogens with zero attached hydrogens (tertiary/aromatic N) is 2. The molecule has 0 amide bonds. The smallest absolute Gasteiger partial charge is 0.134 e. The van der Waals surface area contributed by atoms with Gasteiger partial charge in [-0.15, -0.1) is 0 Å². The van der Waals surface area contributed by atoms with Crippen molar-refractivity contribution in [3.63, 3.8) is 0 Å². The Morgan fingerprint density at radius 1 is 1.33 bits per heavy atom. The minimum atomic E-state index is 0.461. The van der Waals surface area contributed by atoms with Gasteiger partial charge in [0.05, 0.1) is 0 Å². The van der Waals surface area contributed by atoms with Crippen molar-refractivity contribution in [1.82, 2.24) is 9.97 Å². The number of anilines is 2. The molecule has 1 aromatic heterocycles. The SMILES string of the molecule is CCNc1ncnc(NC2CCC(C)(C)C2)c1C. The maximum atomic E-state index is 4.37. The van der Waals surface area contributed by atoms with E-state index in [1.165, 1.54) is 19.3 Å². The normalized spacial score (nSPS) is 21.9. The number of aromatic nitrogens is 2. The Kier molecular flexibility index (Phi) is 3.73. The van der Waals surface area contributed by atoms with E-state index in [0.717, 1.165) is 23.7 Å². The van der Waals surface area contributed by atoms with Crippen LogP contribution in [0.3, 0.4) is 0 Å². The van der Waals surface area contributed by atoms with Crippen molar-refractivity contribution in [1.29, 1.82) is 0 Å². The summed E-state index contributed by atoms with van der Waals surface area (Å²) in [5.41, 5.74) is 1.58. The molecule has 1 heterocycles. The van der Waals surface area contributed by atoms with Crippen molar-refractivity contribution in [2.75, 3.05) is 17.2 Å². The van der Waals surface area contributed by atoms with Crippen molar-refractivity contribution in [2.24, 2.45) is 5.41 Å². The van der Waals surface area contributed by atoms with Gasteiger partial charge >= 0.3 is 0 Å². The minimum Gasteiger partial charge on any atom is -0.370 e.